The number of rotatable bonds is 4. The molecule has 0 aromatic heterocycles. The smallest absolute Gasteiger partial charge is 0.229 e. The molecule has 2 atom stereocenters. The minimum atomic E-state index is -0.0880. The van der Waals surface area contributed by atoms with Crippen molar-refractivity contribution in [2.24, 2.45) is 5.92 Å². The summed E-state index contributed by atoms with van der Waals surface area (Å²) in [7, 11) is 1.97. The molecule has 2 unspecified atom stereocenters. The quantitative estimate of drug-likeness (QED) is 0.901. The number of ether oxygens (including phenoxy) is 2. The Morgan fingerprint density at radius 3 is 3.04 bits per heavy atom. The van der Waals surface area contributed by atoms with Crippen LogP contribution in [0.1, 0.15) is 25.3 Å². The number of fused-ring (bicyclic) bond motifs is 1. The minimum Gasteiger partial charge on any atom is -0.494 e. The predicted octanol–water partition coefficient (Wildman–Crippen LogP) is 2.27. The molecule has 1 saturated heterocycles. The predicted molar refractivity (Wildman–Crippen MR) is 96.2 cm³/mol. The summed E-state index contributed by atoms with van der Waals surface area (Å²) in [4.78, 5) is 14.8. The van der Waals surface area contributed by atoms with Gasteiger partial charge in [0.15, 0.2) is 0 Å². The molecule has 0 aliphatic carbocycles. The number of nitrogens with one attached hydrogen (secondary N) is 1. The van der Waals surface area contributed by atoms with Gasteiger partial charge in [-0.3, -0.25) is 4.79 Å². The first kappa shape index (κ1) is 18.9. The Kier molecular flexibility index (Phi) is 6.75. The molecule has 134 valence electrons. The van der Waals surface area contributed by atoms with Crippen molar-refractivity contribution in [3.05, 3.63) is 23.8 Å². The summed E-state index contributed by atoms with van der Waals surface area (Å²) in [6, 6.07) is 6.28. The zero-order valence-corrected chi connectivity index (χ0v) is 15.2. The third-order valence-electron chi connectivity index (χ3n) is 4.74. The maximum atomic E-state index is 12.8. The summed E-state index contributed by atoms with van der Waals surface area (Å²) in [6.07, 6.45) is 2.94. The van der Waals surface area contributed by atoms with Crippen molar-refractivity contribution in [3.63, 3.8) is 0 Å². The van der Waals surface area contributed by atoms with Crippen molar-refractivity contribution in [2.75, 3.05) is 33.4 Å². The number of piperidine rings is 1. The van der Waals surface area contributed by atoms with Gasteiger partial charge < -0.3 is 19.7 Å². The molecule has 3 rings (SSSR count). The number of benzene rings is 1. The molecule has 1 N–H and O–H groups in total. The van der Waals surface area contributed by atoms with Gasteiger partial charge in [0.2, 0.25) is 5.91 Å². The van der Waals surface area contributed by atoms with Gasteiger partial charge in [-0.15, -0.1) is 12.4 Å². The second kappa shape index (κ2) is 8.58. The number of likely N-dealkylation sites (N-methyl/N-ethyl adjacent to an activating group) is 1. The van der Waals surface area contributed by atoms with Crippen LogP contribution < -0.4 is 14.8 Å². The summed E-state index contributed by atoms with van der Waals surface area (Å²) in [5.74, 6) is 1.85. The number of carbonyl (C=O) groups is 1. The Bertz CT molecular complexity index is 567. The van der Waals surface area contributed by atoms with E-state index >= 15 is 0 Å². The average molecular weight is 355 g/mol. The largest absolute Gasteiger partial charge is 0.494 e. The second-order valence-electron chi connectivity index (χ2n) is 6.33. The van der Waals surface area contributed by atoms with Gasteiger partial charge >= 0.3 is 0 Å². The number of nitrogens with zero attached hydrogens (tertiary/aromatic N) is 1. The standard InChI is InChI=1S/C18H26N2O3.ClH/c1-3-22-16-6-7-17-13(10-16)9-14(12-23-17)18(21)20-8-4-5-15(11-20)19-2;/h6-7,10,14-15,19H,3-5,8-9,11-12H2,1-2H3;1H. The normalized spacial score (nSPS) is 22.8. The van der Waals surface area contributed by atoms with Crippen molar-refractivity contribution in [1.29, 1.82) is 0 Å². The lowest BCUT2D eigenvalue weighted by atomic mass is 9.94. The molecule has 0 bridgehead atoms. The Morgan fingerprint density at radius 2 is 2.29 bits per heavy atom. The van der Waals surface area contributed by atoms with E-state index in [-0.39, 0.29) is 24.2 Å². The highest BCUT2D eigenvalue weighted by molar-refractivity contribution is 5.85. The topological polar surface area (TPSA) is 50.8 Å². The molecule has 6 heteroatoms. The molecule has 5 nitrogen and oxygen atoms in total. The van der Waals surface area contributed by atoms with E-state index < -0.39 is 0 Å². The maximum absolute atomic E-state index is 12.8. The molecule has 1 amide bonds. The molecule has 24 heavy (non-hydrogen) atoms. The molecule has 2 aliphatic rings. The van der Waals surface area contributed by atoms with E-state index in [1.54, 1.807) is 0 Å². The number of likely N-dealkylation sites (tertiary alicyclic amines) is 1. The number of hydrogen-bond acceptors (Lipinski definition) is 4. The number of hydrogen-bond donors (Lipinski definition) is 1. The molecule has 1 aromatic rings. The van der Waals surface area contributed by atoms with E-state index in [1.165, 1.54) is 0 Å². The van der Waals surface area contributed by atoms with Gasteiger partial charge in [-0.1, -0.05) is 0 Å². The van der Waals surface area contributed by atoms with Crippen LogP contribution in [0.3, 0.4) is 0 Å². The van der Waals surface area contributed by atoms with Crippen LogP contribution in [-0.4, -0.2) is 50.2 Å². The van der Waals surface area contributed by atoms with E-state index in [1.807, 2.05) is 37.1 Å². The molecular weight excluding hydrogens is 328 g/mol. The molecule has 1 aromatic carbocycles. The van der Waals surface area contributed by atoms with Gasteiger partial charge in [-0.25, -0.2) is 0 Å². The third-order valence-corrected chi connectivity index (χ3v) is 4.74. The maximum Gasteiger partial charge on any atom is 0.229 e. The van der Waals surface area contributed by atoms with Gasteiger partial charge in [0.1, 0.15) is 18.1 Å². The number of amides is 1. The summed E-state index contributed by atoms with van der Waals surface area (Å²) in [5, 5.41) is 3.29. The molecule has 2 heterocycles. The molecular formula is C18H27ClN2O3. The highest BCUT2D eigenvalue weighted by atomic mass is 35.5. The first-order chi connectivity index (χ1) is 11.2. The average Bonchev–Trinajstić information content (AvgIpc) is 2.61. The lowest BCUT2D eigenvalue weighted by Crippen LogP contribution is -2.50. The summed E-state index contributed by atoms with van der Waals surface area (Å²) in [6.45, 7) is 4.75. The molecule has 1 fully saturated rings. The van der Waals surface area contributed by atoms with Gasteiger partial charge in [0.05, 0.1) is 12.5 Å². The Balaban J connectivity index is 0.00000208. The highest BCUT2D eigenvalue weighted by Crippen LogP contribution is 2.31. The second-order valence-corrected chi connectivity index (χ2v) is 6.33. The Hall–Kier alpha value is -1.46. The van der Waals surface area contributed by atoms with E-state index in [9.17, 15) is 4.79 Å². The van der Waals surface area contributed by atoms with Gasteiger partial charge in [-0.05, 0) is 57.0 Å². The van der Waals surface area contributed by atoms with E-state index in [0.29, 0.717) is 19.3 Å². The SMILES string of the molecule is CCOc1ccc2c(c1)CC(C(=O)N1CCCC(NC)C1)CO2.Cl. The number of halogens is 1. The van der Waals surface area contributed by atoms with Crippen molar-refractivity contribution in [3.8, 4) is 11.5 Å². The first-order valence-electron chi connectivity index (χ1n) is 8.55. The van der Waals surface area contributed by atoms with Crippen molar-refractivity contribution in [2.45, 2.75) is 32.2 Å². The van der Waals surface area contributed by atoms with Crippen LogP contribution in [0.5, 0.6) is 11.5 Å². The van der Waals surface area contributed by atoms with Crippen LogP contribution >= 0.6 is 12.4 Å². The van der Waals surface area contributed by atoms with Crippen molar-refractivity contribution < 1.29 is 14.3 Å². The Labute approximate surface area is 150 Å². The van der Waals surface area contributed by atoms with Crippen LogP contribution in [0.15, 0.2) is 18.2 Å². The zero-order chi connectivity index (χ0) is 16.2. The monoisotopic (exact) mass is 354 g/mol. The molecule has 2 aliphatic heterocycles. The molecule has 0 spiro atoms. The van der Waals surface area contributed by atoms with E-state index in [2.05, 4.69) is 5.32 Å². The lowest BCUT2D eigenvalue weighted by Gasteiger charge is -2.36. The van der Waals surface area contributed by atoms with Gasteiger partial charge in [0.25, 0.3) is 0 Å². The Morgan fingerprint density at radius 1 is 1.46 bits per heavy atom. The van der Waals surface area contributed by atoms with Crippen LogP contribution in [0.4, 0.5) is 0 Å². The number of carbonyl (C=O) groups excluding carboxylic acids is 1. The van der Waals surface area contributed by atoms with E-state index in [0.717, 1.165) is 49.4 Å². The fourth-order valence-electron chi connectivity index (χ4n) is 3.46. The first-order valence-corrected chi connectivity index (χ1v) is 8.55. The summed E-state index contributed by atoms with van der Waals surface area (Å²) in [5.41, 5.74) is 1.07. The minimum absolute atomic E-state index is 0. The highest BCUT2D eigenvalue weighted by Gasteiger charge is 2.32. The van der Waals surface area contributed by atoms with Crippen LogP contribution in [0.2, 0.25) is 0 Å². The lowest BCUT2D eigenvalue weighted by molar-refractivity contribution is -0.138. The van der Waals surface area contributed by atoms with Crippen LogP contribution in [-0.2, 0) is 11.2 Å². The van der Waals surface area contributed by atoms with Crippen molar-refractivity contribution >= 4 is 18.3 Å². The molecule has 0 saturated carbocycles. The summed E-state index contributed by atoms with van der Waals surface area (Å²) < 4.78 is 11.4. The van der Waals surface area contributed by atoms with E-state index in [4.69, 9.17) is 9.47 Å². The summed E-state index contributed by atoms with van der Waals surface area (Å²) >= 11 is 0. The van der Waals surface area contributed by atoms with Crippen LogP contribution in [0.25, 0.3) is 0 Å². The third kappa shape index (κ3) is 4.14. The fourth-order valence-corrected chi connectivity index (χ4v) is 3.46. The zero-order valence-electron chi connectivity index (χ0n) is 14.4. The fraction of sp³-hybridized carbons (Fsp3) is 0.611. The molecule has 0 radical (unpaired) electrons. The van der Waals surface area contributed by atoms with Crippen LogP contribution in [0, 0.1) is 5.92 Å². The van der Waals surface area contributed by atoms with Gasteiger partial charge in [0, 0.05) is 19.1 Å². The van der Waals surface area contributed by atoms with Gasteiger partial charge in [-0.2, -0.15) is 0 Å². The van der Waals surface area contributed by atoms with Crippen molar-refractivity contribution in [1.82, 2.24) is 10.2 Å².